The molecule has 0 fully saturated rings. The minimum Gasteiger partial charge on any atom is -0.475 e. The van der Waals surface area contributed by atoms with Crippen molar-refractivity contribution in [2.45, 2.75) is 26.1 Å². The van der Waals surface area contributed by atoms with Crippen molar-refractivity contribution in [3.05, 3.63) is 24.3 Å². The fraction of sp³-hybridized carbons (Fsp3) is 0.333. The Bertz CT molecular complexity index is 674. The summed E-state index contributed by atoms with van der Waals surface area (Å²) in [6.45, 7) is 2.66. The number of esters is 1. The van der Waals surface area contributed by atoms with Crippen molar-refractivity contribution in [1.82, 2.24) is 5.32 Å². The first-order valence-corrected chi connectivity index (χ1v) is 7.24. The first-order chi connectivity index (χ1) is 12.3. The Kier molecular flexibility index (Phi) is 9.50. The number of rotatable bonds is 5. The normalized spacial score (nSPS) is 11.3. The number of carboxylic acids is 1. The van der Waals surface area contributed by atoms with E-state index in [-0.39, 0.29) is 12.5 Å². The van der Waals surface area contributed by atoms with Crippen molar-refractivity contribution < 1.29 is 42.2 Å². The Labute approximate surface area is 151 Å². The molecule has 1 aromatic rings. The van der Waals surface area contributed by atoms with E-state index in [2.05, 4.69) is 10.6 Å². The number of nitrogens with one attached hydrogen (secondary N) is 2. The quantitative estimate of drug-likeness (QED) is 0.424. The van der Waals surface area contributed by atoms with E-state index < -0.39 is 30.1 Å². The molecule has 0 aromatic heterocycles. The van der Waals surface area contributed by atoms with E-state index in [1.807, 2.05) is 0 Å². The van der Waals surface area contributed by atoms with Crippen molar-refractivity contribution in [2.75, 3.05) is 11.9 Å². The van der Waals surface area contributed by atoms with Gasteiger partial charge in [0.05, 0.1) is 6.04 Å². The fourth-order valence-electron chi connectivity index (χ4n) is 1.30. The van der Waals surface area contributed by atoms with E-state index in [4.69, 9.17) is 20.4 Å². The average molecular weight is 393 g/mol. The van der Waals surface area contributed by atoms with Gasteiger partial charge in [-0.3, -0.25) is 9.59 Å². The van der Waals surface area contributed by atoms with E-state index in [0.717, 1.165) is 0 Å². The SMILES string of the molecule is CC(=O)Nc1ccc(OC(=O)CNC(=O)[C@H](C)N)cc1.O=C(O)C(F)(F)F. The van der Waals surface area contributed by atoms with E-state index in [1.54, 1.807) is 12.1 Å². The lowest BCUT2D eigenvalue weighted by Crippen LogP contribution is -2.41. The predicted octanol–water partition coefficient (Wildman–Crippen LogP) is 0.647. The van der Waals surface area contributed by atoms with Crippen LogP contribution in [0.4, 0.5) is 18.9 Å². The summed E-state index contributed by atoms with van der Waals surface area (Å²) in [6, 6.07) is 5.60. The molecule has 0 aliphatic rings. The van der Waals surface area contributed by atoms with Gasteiger partial charge in [-0.05, 0) is 31.2 Å². The van der Waals surface area contributed by atoms with Gasteiger partial charge in [0.15, 0.2) is 0 Å². The summed E-state index contributed by atoms with van der Waals surface area (Å²) in [7, 11) is 0. The molecular formula is C15H18F3N3O6. The number of benzene rings is 1. The van der Waals surface area contributed by atoms with Gasteiger partial charge in [0.25, 0.3) is 0 Å². The molecule has 1 rings (SSSR count). The Morgan fingerprint density at radius 1 is 1.19 bits per heavy atom. The third-order valence-electron chi connectivity index (χ3n) is 2.47. The molecule has 1 aromatic carbocycles. The summed E-state index contributed by atoms with van der Waals surface area (Å²) >= 11 is 0. The van der Waals surface area contributed by atoms with Crippen LogP contribution in [0.15, 0.2) is 24.3 Å². The molecule has 0 radical (unpaired) electrons. The van der Waals surface area contributed by atoms with Crippen molar-refractivity contribution in [1.29, 1.82) is 0 Å². The van der Waals surface area contributed by atoms with Crippen molar-refractivity contribution in [3.8, 4) is 5.75 Å². The molecule has 0 unspecified atom stereocenters. The standard InChI is InChI=1S/C13H17N3O4.C2HF3O2/c1-8(14)13(19)15-7-12(18)20-11-5-3-10(4-6-11)16-9(2)17;3-2(4,5)1(6)7/h3-6,8H,7,14H2,1-2H3,(H,15,19)(H,16,17);(H,6,7)/t8-;/m0./s1. The van der Waals surface area contributed by atoms with Crippen LogP contribution in [0.5, 0.6) is 5.75 Å². The van der Waals surface area contributed by atoms with Gasteiger partial charge in [0.2, 0.25) is 11.8 Å². The Balaban J connectivity index is 0.000000821. The number of nitrogens with two attached hydrogens (primary N) is 1. The monoisotopic (exact) mass is 393 g/mol. The van der Waals surface area contributed by atoms with Gasteiger partial charge in [-0.1, -0.05) is 0 Å². The van der Waals surface area contributed by atoms with E-state index in [0.29, 0.717) is 11.4 Å². The van der Waals surface area contributed by atoms with Crippen LogP contribution in [0, 0.1) is 0 Å². The molecule has 5 N–H and O–H groups in total. The van der Waals surface area contributed by atoms with Crippen LogP contribution < -0.4 is 21.1 Å². The van der Waals surface area contributed by atoms with E-state index in [1.165, 1.54) is 26.0 Å². The number of carbonyl (C=O) groups is 4. The largest absolute Gasteiger partial charge is 0.490 e. The van der Waals surface area contributed by atoms with Gasteiger partial charge in [0, 0.05) is 12.6 Å². The van der Waals surface area contributed by atoms with Crippen LogP contribution in [-0.4, -0.2) is 47.6 Å². The number of ether oxygens (including phenoxy) is 1. The molecule has 150 valence electrons. The summed E-state index contributed by atoms with van der Waals surface area (Å²) in [5.41, 5.74) is 5.93. The van der Waals surface area contributed by atoms with Crippen LogP contribution in [0.3, 0.4) is 0 Å². The van der Waals surface area contributed by atoms with E-state index >= 15 is 0 Å². The first-order valence-electron chi connectivity index (χ1n) is 7.24. The van der Waals surface area contributed by atoms with Gasteiger partial charge in [-0.15, -0.1) is 0 Å². The third-order valence-corrected chi connectivity index (χ3v) is 2.47. The number of alkyl halides is 3. The number of carboxylic acid groups (broad SMARTS) is 1. The van der Waals surface area contributed by atoms with E-state index in [9.17, 15) is 27.6 Å². The first kappa shape index (κ1) is 23.9. The third kappa shape index (κ3) is 11.1. The van der Waals surface area contributed by atoms with Crippen LogP contribution in [0.1, 0.15) is 13.8 Å². The summed E-state index contributed by atoms with van der Waals surface area (Å²) in [5.74, 6) is -3.66. The molecule has 2 amide bonds. The number of hydrogen-bond donors (Lipinski definition) is 4. The van der Waals surface area contributed by atoms with Crippen LogP contribution >= 0.6 is 0 Å². The molecular weight excluding hydrogens is 375 g/mol. The molecule has 0 heterocycles. The molecule has 0 spiro atoms. The zero-order valence-corrected chi connectivity index (χ0v) is 14.3. The van der Waals surface area contributed by atoms with Crippen LogP contribution in [-0.2, 0) is 19.2 Å². The zero-order chi connectivity index (χ0) is 21.2. The molecule has 1 atom stereocenters. The van der Waals surface area contributed by atoms with Gasteiger partial charge in [0.1, 0.15) is 12.3 Å². The number of amides is 2. The molecule has 0 saturated heterocycles. The van der Waals surface area contributed by atoms with Gasteiger partial charge >= 0.3 is 18.1 Å². The van der Waals surface area contributed by atoms with Gasteiger partial charge in [-0.2, -0.15) is 13.2 Å². The summed E-state index contributed by atoms with van der Waals surface area (Å²) < 4.78 is 36.7. The molecule has 0 aliphatic heterocycles. The lowest BCUT2D eigenvalue weighted by atomic mass is 10.3. The van der Waals surface area contributed by atoms with Crippen LogP contribution in [0.25, 0.3) is 0 Å². The minimum absolute atomic E-state index is 0.187. The highest BCUT2D eigenvalue weighted by atomic mass is 19.4. The summed E-state index contributed by atoms with van der Waals surface area (Å²) in [6.07, 6.45) is -5.08. The molecule has 27 heavy (non-hydrogen) atoms. The number of hydrogen-bond acceptors (Lipinski definition) is 6. The number of aliphatic carboxylic acids is 1. The van der Waals surface area contributed by atoms with Crippen LogP contribution in [0.2, 0.25) is 0 Å². The second-order valence-corrected chi connectivity index (χ2v) is 4.99. The number of halogens is 3. The predicted molar refractivity (Wildman–Crippen MR) is 86.7 cm³/mol. The summed E-state index contributed by atoms with van der Waals surface area (Å²) in [5, 5.41) is 12.1. The highest BCUT2D eigenvalue weighted by Crippen LogP contribution is 2.15. The second-order valence-electron chi connectivity index (χ2n) is 4.99. The van der Waals surface area contributed by atoms with Crippen molar-refractivity contribution >= 4 is 29.4 Å². The Hall–Kier alpha value is -3.15. The molecule has 0 bridgehead atoms. The zero-order valence-electron chi connectivity index (χ0n) is 14.3. The lowest BCUT2D eigenvalue weighted by molar-refractivity contribution is -0.192. The van der Waals surface area contributed by atoms with Crippen molar-refractivity contribution in [3.63, 3.8) is 0 Å². The molecule has 12 heteroatoms. The van der Waals surface area contributed by atoms with Crippen molar-refractivity contribution in [2.24, 2.45) is 5.73 Å². The molecule has 9 nitrogen and oxygen atoms in total. The average Bonchev–Trinajstić information content (AvgIpc) is 2.53. The van der Waals surface area contributed by atoms with Gasteiger partial charge in [-0.25, -0.2) is 9.59 Å². The Morgan fingerprint density at radius 2 is 1.67 bits per heavy atom. The maximum atomic E-state index is 11.5. The maximum Gasteiger partial charge on any atom is 0.490 e. The number of carbonyl (C=O) groups excluding carboxylic acids is 3. The van der Waals surface area contributed by atoms with Gasteiger partial charge < -0.3 is 26.2 Å². The minimum atomic E-state index is -5.08. The Morgan fingerprint density at radius 3 is 2.04 bits per heavy atom. The molecule has 0 aliphatic carbocycles. The molecule has 0 saturated carbocycles. The smallest absolute Gasteiger partial charge is 0.475 e. The highest BCUT2D eigenvalue weighted by molar-refractivity contribution is 5.89. The number of anilines is 1. The second kappa shape index (κ2) is 10.8. The maximum absolute atomic E-state index is 11.5. The fourth-order valence-corrected chi connectivity index (χ4v) is 1.30. The highest BCUT2D eigenvalue weighted by Gasteiger charge is 2.38. The lowest BCUT2D eigenvalue weighted by Gasteiger charge is -2.08. The summed E-state index contributed by atoms with van der Waals surface area (Å²) in [4.78, 5) is 42.3. The topological polar surface area (TPSA) is 148 Å².